The number of hydrogen-bond acceptors (Lipinski definition) is 8. The number of phenolic OH excluding ortho intramolecular Hbond substituents is 1. The lowest BCUT2D eigenvalue weighted by atomic mass is 10.0. The summed E-state index contributed by atoms with van der Waals surface area (Å²) in [5.74, 6) is -3.06. The van der Waals surface area contributed by atoms with E-state index in [-0.39, 0.29) is 30.8 Å². The number of rotatable bonds is 16. The Kier molecular flexibility index (Phi) is 12.2. The van der Waals surface area contributed by atoms with Gasteiger partial charge in [0.2, 0.25) is 17.7 Å². The zero-order chi connectivity index (χ0) is 30.6. The minimum Gasteiger partial charge on any atom is -0.508 e. The van der Waals surface area contributed by atoms with Crippen molar-refractivity contribution < 1.29 is 29.4 Å². The fraction of sp³-hybridized carbons (Fsp3) is 0.379. The Balaban J connectivity index is 1.82. The van der Waals surface area contributed by atoms with Gasteiger partial charge in [0.15, 0.2) is 0 Å². The summed E-state index contributed by atoms with van der Waals surface area (Å²) in [5.41, 5.74) is 13.5. The Morgan fingerprint density at radius 1 is 0.857 bits per heavy atom. The van der Waals surface area contributed by atoms with Crippen molar-refractivity contribution in [3.8, 4) is 5.75 Å². The van der Waals surface area contributed by atoms with Crippen molar-refractivity contribution in [3.05, 3.63) is 65.9 Å². The molecule has 0 saturated heterocycles. The second kappa shape index (κ2) is 15.8. The molecule has 0 spiro atoms. The van der Waals surface area contributed by atoms with Crippen LogP contribution >= 0.6 is 12.6 Å². The number of carbonyl (C=O) groups excluding carboxylic acids is 3. The van der Waals surface area contributed by atoms with Crippen molar-refractivity contribution in [2.24, 2.45) is 11.5 Å². The fourth-order valence-electron chi connectivity index (χ4n) is 4.47. The van der Waals surface area contributed by atoms with Crippen molar-refractivity contribution in [2.45, 2.75) is 56.3 Å². The molecule has 0 aliphatic heterocycles. The number of aromatic nitrogens is 1. The molecule has 0 aliphatic rings. The standard InChI is InChI=1S/C29H38N6O6S/c30-12-4-3-7-23(33-26(37)21(31)16-42)27(38)34-24(13-17-8-10-19(36)11-9-17)28(39)35-25(29(40)41)14-18-15-32-22-6-2-1-5-20(18)22/h1-2,5-6,8-11,15,21,23-25,32,36,42H,3-4,7,12-14,16,30-31H2,(H,33,37)(H,34,38)(H,35,39)(H,40,41). The van der Waals surface area contributed by atoms with E-state index in [1.807, 2.05) is 24.3 Å². The number of aromatic hydroxyl groups is 1. The van der Waals surface area contributed by atoms with Crippen LogP contribution in [0.25, 0.3) is 10.9 Å². The van der Waals surface area contributed by atoms with Gasteiger partial charge in [0.1, 0.15) is 23.9 Å². The van der Waals surface area contributed by atoms with E-state index in [4.69, 9.17) is 11.5 Å². The smallest absolute Gasteiger partial charge is 0.326 e. The average molecular weight is 599 g/mol. The van der Waals surface area contributed by atoms with Crippen LogP contribution in [0, 0.1) is 0 Å². The highest BCUT2D eigenvalue weighted by molar-refractivity contribution is 7.80. The number of unbranched alkanes of at least 4 members (excludes halogenated alkanes) is 1. The Bertz CT molecular complexity index is 1360. The molecule has 13 heteroatoms. The summed E-state index contributed by atoms with van der Waals surface area (Å²) in [4.78, 5) is 54.7. The quantitative estimate of drug-likeness (QED) is 0.0838. The summed E-state index contributed by atoms with van der Waals surface area (Å²) in [6.45, 7) is 0.400. The summed E-state index contributed by atoms with van der Waals surface area (Å²) in [6, 6.07) is 9.05. The minimum absolute atomic E-state index is 0.00308. The van der Waals surface area contributed by atoms with Gasteiger partial charge in [0.25, 0.3) is 0 Å². The topological polar surface area (TPSA) is 213 Å². The maximum atomic E-state index is 13.5. The molecule has 0 saturated carbocycles. The van der Waals surface area contributed by atoms with Crippen LogP contribution in [0.2, 0.25) is 0 Å². The van der Waals surface area contributed by atoms with Crippen molar-refractivity contribution in [2.75, 3.05) is 12.3 Å². The molecule has 0 aliphatic carbocycles. The fourth-order valence-corrected chi connectivity index (χ4v) is 4.63. The molecule has 0 fully saturated rings. The van der Waals surface area contributed by atoms with Crippen LogP contribution < -0.4 is 27.4 Å². The van der Waals surface area contributed by atoms with Crippen LogP contribution in [-0.2, 0) is 32.0 Å². The lowest BCUT2D eigenvalue weighted by Crippen LogP contribution is -2.58. The van der Waals surface area contributed by atoms with Crippen LogP contribution in [0.3, 0.4) is 0 Å². The van der Waals surface area contributed by atoms with E-state index in [0.717, 1.165) is 10.9 Å². The molecule has 3 aromatic rings. The number of phenols is 1. The first kappa shape index (κ1) is 32.4. The second-order valence-corrected chi connectivity index (χ2v) is 10.4. The number of carboxylic acid groups (broad SMARTS) is 1. The second-order valence-electron chi connectivity index (χ2n) is 10.0. The molecule has 2 aromatic carbocycles. The van der Waals surface area contributed by atoms with Gasteiger partial charge in [-0.1, -0.05) is 30.3 Å². The summed E-state index contributed by atoms with van der Waals surface area (Å²) in [7, 11) is 0. The van der Waals surface area contributed by atoms with Gasteiger partial charge < -0.3 is 42.6 Å². The van der Waals surface area contributed by atoms with Gasteiger partial charge in [-0.05, 0) is 55.1 Å². The average Bonchev–Trinajstić information content (AvgIpc) is 3.39. The number of fused-ring (bicyclic) bond motifs is 1. The Labute approximate surface area is 249 Å². The van der Waals surface area contributed by atoms with Crippen LogP contribution in [0.15, 0.2) is 54.7 Å². The predicted molar refractivity (Wildman–Crippen MR) is 162 cm³/mol. The van der Waals surface area contributed by atoms with Crippen LogP contribution in [-0.4, -0.2) is 75.4 Å². The number of hydrogen-bond donors (Lipinski definition) is 9. The molecule has 4 atom stereocenters. The number of H-pyrrole nitrogens is 1. The summed E-state index contributed by atoms with van der Waals surface area (Å²) < 4.78 is 0. The summed E-state index contributed by atoms with van der Waals surface area (Å²) in [5, 5.41) is 28.3. The molecule has 4 unspecified atom stereocenters. The van der Waals surface area contributed by atoms with E-state index in [9.17, 15) is 29.4 Å². The van der Waals surface area contributed by atoms with E-state index in [1.54, 1.807) is 18.3 Å². The molecule has 3 amide bonds. The van der Waals surface area contributed by atoms with Crippen LogP contribution in [0.4, 0.5) is 0 Å². The van der Waals surface area contributed by atoms with Gasteiger partial charge in [0.05, 0.1) is 6.04 Å². The number of nitrogens with two attached hydrogens (primary N) is 2. The maximum Gasteiger partial charge on any atom is 0.326 e. The molecule has 1 heterocycles. The van der Waals surface area contributed by atoms with Crippen molar-refractivity contribution >= 4 is 47.2 Å². The first-order chi connectivity index (χ1) is 20.1. The Morgan fingerprint density at radius 2 is 1.50 bits per heavy atom. The van der Waals surface area contributed by atoms with Gasteiger partial charge in [-0.15, -0.1) is 0 Å². The highest BCUT2D eigenvalue weighted by Crippen LogP contribution is 2.19. The van der Waals surface area contributed by atoms with Gasteiger partial charge >= 0.3 is 5.97 Å². The highest BCUT2D eigenvalue weighted by atomic mass is 32.1. The first-order valence-corrected chi connectivity index (χ1v) is 14.3. The van der Waals surface area contributed by atoms with Crippen molar-refractivity contribution in [3.63, 3.8) is 0 Å². The van der Waals surface area contributed by atoms with E-state index in [0.29, 0.717) is 30.5 Å². The zero-order valence-corrected chi connectivity index (χ0v) is 24.0. The number of amides is 3. The molecular weight excluding hydrogens is 560 g/mol. The SMILES string of the molecule is NCCCCC(NC(=O)C(N)CS)C(=O)NC(Cc1ccc(O)cc1)C(=O)NC(Cc1c[nH]c2ccccc12)C(=O)O. The van der Waals surface area contributed by atoms with Gasteiger partial charge in [-0.2, -0.15) is 12.6 Å². The van der Waals surface area contributed by atoms with Gasteiger partial charge in [-0.3, -0.25) is 14.4 Å². The largest absolute Gasteiger partial charge is 0.508 e. The predicted octanol–water partition coefficient (Wildman–Crippen LogP) is 0.584. The number of nitrogens with one attached hydrogen (secondary N) is 4. The normalized spacial score (nSPS) is 14.0. The van der Waals surface area contributed by atoms with Crippen molar-refractivity contribution in [1.82, 2.24) is 20.9 Å². The number of aromatic amines is 1. The third-order valence-electron chi connectivity index (χ3n) is 6.84. The van der Waals surface area contributed by atoms with Crippen molar-refractivity contribution in [1.29, 1.82) is 0 Å². The number of para-hydroxylation sites is 1. The minimum atomic E-state index is -1.29. The molecule has 42 heavy (non-hydrogen) atoms. The van der Waals surface area contributed by atoms with E-state index >= 15 is 0 Å². The van der Waals surface area contributed by atoms with Gasteiger partial charge in [-0.25, -0.2) is 4.79 Å². The molecule has 226 valence electrons. The number of carbonyl (C=O) groups is 4. The van der Waals surface area contributed by atoms with E-state index in [2.05, 4.69) is 33.6 Å². The number of thiol groups is 1. The number of carboxylic acids is 1. The molecule has 3 rings (SSSR count). The molecule has 0 radical (unpaired) electrons. The zero-order valence-electron chi connectivity index (χ0n) is 23.1. The molecular formula is C29H38N6O6S. The molecule has 1 aromatic heterocycles. The van der Waals surface area contributed by atoms with Crippen LogP contribution in [0.1, 0.15) is 30.4 Å². The highest BCUT2D eigenvalue weighted by Gasteiger charge is 2.30. The Hall–Kier alpha value is -4.07. The summed E-state index contributed by atoms with van der Waals surface area (Å²) in [6.07, 6.45) is 3.10. The third-order valence-corrected chi connectivity index (χ3v) is 7.23. The first-order valence-electron chi connectivity index (χ1n) is 13.7. The number of aliphatic carboxylic acids is 1. The Morgan fingerprint density at radius 3 is 2.17 bits per heavy atom. The lowest BCUT2D eigenvalue weighted by molar-refractivity contribution is -0.142. The van der Waals surface area contributed by atoms with Crippen LogP contribution in [0.5, 0.6) is 5.75 Å². The third kappa shape index (κ3) is 9.23. The monoisotopic (exact) mass is 598 g/mol. The number of benzene rings is 2. The summed E-state index contributed by atoms with van der Waals surface area (Å²) >= 11 is 4.04. The lowest BCUT2D eigenvalue weighted by Gasteiger charge is -2.25. The van der Waals surface area contributed by atoms with E-state index in [1.165, 1.54) is 12.1 Å². The maximum absolute atomic E-state index is 13.5. The molecule has 12 nitrogen and oxygen atoms in total. The van der Waals surface area contributed by atoms with Gasteiger partial charge in [0, 0.05) is 35.7 Å². The molecule has 10 N–H and O–H groups in total. The molecule has 0 bridgehead atoms. The van der Waals surface area contributed by atoms with E-state index < -0.39 is 47.9 Å².